The number of aromatic nitrogens is 2. The highest BCUT2D eigenvalue weighted by atomic mass is 19.4. The summed E-state index contributed by atoms with van der Waals surface area (Å²) >= 11 is 0. The maximum absolute atomic E-state index is 13.0. The van der Waals surface area contributed by atoms with E-state index in [1.54, 1.807) is 12.1 Å². The highest BCUT2D eigenvalue weighted by Crippen LogP contribution is 2.39. The topological polar surface area (TPSA) is 48.2 Å². The van der Waals surface area contributed by atoms with Gasteiger partial charge in [-0.3, -0.25) is 0 Å². The van der Waals surface area contributed by atoms with E-state index in [-0.39, 0.29) is 17.8 Å². The van der Waals surface area contributed by atoms with E-state index in [1.165, 1.54) is 0 Å². The predicted octanol–water partition coefficient (Wildman–Crippen LogP) is 5.84. The molecule has 0 saturated carbocycles. The Labute approximate surface area is 160 Å². The van der Waals surface area contributed by atoms with Crippen molar-refractivity contribution in [2.24, 2.45) is 0 Å². The maximum Gasteiger partial charge on any atom is 0.416 e. The summed E-state index contributed by atoms with van der Waals surface area (Å²) in [4.78, 5) is 3.99. The lowest BCUT2D eigenvalue weighted by Crippen LogP contribution is -2.15. The van der Waals surface area contributed by atoms with Crippen molar-refractivity contribution in [1.29, 1.82) is 0 Å². The second-order valence-corrected chi connectivity index (χ2v) is 6.50. The van der Waals surface area contributed by atoms with E-state index in [1.807, 2.05) is 12.1 Å². The summed E-state index contributed by atoms with van der Waals surface area (Å²) in [6.45, 7) is 0. The first-order valence-corrected chi connectivity index (χ1v) is 8.49. The quantitative estimate of drug-likeness (QED) is 0.495. The van der Waals surface area contributed by atoms with Crippen LogP contribution < -0.4 is 4.74 Å². The van der Waals surface area contributed by atoms with Gasteiger partial charge in [0.05, 0.1) is 11.1 Å². The van der Waals surface area contributed by atoms with Crippen molar-refractivity contribution in [1.82, 2.24) is 10.1 Å². The summed E-state index contributed by atoms with van der Waals surface area (Å²) in [5, 5.41) is 3.56. The van der Waals surface area contributed by atoms with Gasteiger partial charge in [0, 0.05) is 5.56 Å². The lowest BCUT2D eigenvalue weighted by atomic mass is 10.0. The molecule has 2 heterocycles. The van der Waals surface area contributed by atoms with Crippen molar-refractivity contribution in [2.45, 2.75) is 31.3 Å². The van der Waals surface area contributed by atoms with Crippen molar-refractivity contribution in [3.8, 4) is 17.1 Å². The van der Waals surface area contributed by atoms with Gasteiger partial charge in [-0.2, -0.15) is 31.3 Å². The third kappa shape index (κ3) is 3.92. The summed E-state index contributed by atoms with van der Waals surface area (Å²) < 4.78 is 89.1. The SMILES string of the molecule is FC(F)(F)c1cc(-c2noc(C3CCc4ccccc4O3)n2)cc(C(F)(F)F)c1. The first-order chi connectivity index (χ1) is 13.6. The molecule has 152 valence electrons. The molecular formula is C19H12F6N2O2. The van der Waals surface area contributed by atoms with E-state index in [0.717, 1.165) is 5.56 Å². The number of fused-ring (bicyclic) bond motifs is 1. The zero-order valence-electron chi connectivity index (χ0n) is 14.5. The number of alkyl halides is 6. The van der Waals surface area contributed by atoms with Crippen LogP contribution in [0, 0.1) is 0 Å². The minimum atomic E-state index is -4.96. The lowest BCUT2D eigenvalue weighted by molar-refractivity contribution is -0.143. The maximum atomic E-state index is 13.0. The molecule has 4 nitrogen and oxygen atoms in total. The molecule has 0 spiro atoms. The van der Waals surface area contributed by atoms with Gasteiger partial charge in [-0.25, -0.2) is 0 Å². The normalized spacial score (nSPS) is 17.0. The Morgan fingerprint density at radius 3 is 2.21 bits per heavy atom. The molecule has 29 heavy (non-hydrogen) atoms. The second-order valence-electron chi connectivity index (χ2n) is 6.50. The average molecular weight is 414 g/mol. The molecule has 0 radical (unpaired) electrons. The molecule has 2 aromatic carbocycles. The molecule has 0 N–H and O–H groups in total. The molecule has 3 aromatic rings. The number of nitrogens with zero attached hydrogens (tertiary/aromatic N) is 2. The molecule has 1 aliphatic heterocycles. The van der Waals surface area contributed by atoms with Crippen LogP contribution in [0.2, 0.25) is 0 Å². The molecule has 4 rings (SSSR count). The Morgan fingerprint density at radius 1 is 0.897 bits per heavy atom. The zero-order chi connectivity index (χ0) is 20.8. The number of halogens is 6. The Kier molecular flexibility index (Phi) is 4.51. The van der Waals surface area contributed by atoms with E-state index in [0.29, 0.717) is 30.7 Å². The van der Waals surface area contributed by atoms with Gasteiger partial charge in [0.15, 0.2) is 6.10 Å². The van der Waals surface area contributed by atoms with Crippen molar-refractivity contribution in [3.63, 3.8) is 0 Å². The Hall–Kier alpha value is -3.04. The zero-order valence-corrected chi connectivity index (χ0v) is 14.5. The molecule has 0 amide bonds. The number of aryl methyl sites for hydroxylation is 1. The third-order valence-electron chi connectivity index (χ3n) is 4.48. The number of rotatable bonds is 2. The summed E-state index contributed by atoms with van der Waals surface area (Å²) in [5.74, 6) is 0.224. The van der Waals surface area contributed by atoms with Gasteiger partial charge in [-0.05, 0) is 42.7 Å². The highest BCUT2D eigenvalue weighted by Gasteiger charge is 2.37. The van der Waals surface area contributed by atoms with Crippen molar-refractivity contribution in [3.05, 3.63) is 65.0 Å². The second kappa shape index (κ2) is 6.78. The first kappa shape index (κ1) is 19.3. The van der Waals surface area contributed by atoms with Gasteiger partial charge < -0.3 is 9.26 Å². The van der Waals surface area contributed by atoms with Crippen LogP contribution in [-0.2, 0) is 18.8 Å². The van der Waals surface area contributed by atoms with Gasteiger partial charge in [-0.1, -0.05) is 23.4 Å². The minimum absolute atomic E-state index is 0.0135. The third-order valence-corrected chi connectivity index (χ3v) is 4.48. The van der Waals surface area contributed by atoms with E-state index in [9.17, 15) is 26.3 Å². The van der Waals surface area contributed by atoms with Crippen LogP contribution in [-0.4, -0.2) is 10.1 Å². The Balaban J connectivity index is 1.68. The molecular weight excluding hydrogens is 402 g/mol. The van der Waals surface area contributed by atoms with Gasteiger partial charge in [-0.15, -0.1) is 0 Å². The monoisotopic (exact) mass is 414 g/mol. The van der Waals surface area contributed by atoms with Crippen molar-refractivity contribution >= 4 is 0 Å². The highest BCUT2D eigenvalue weighted by molar-refractivity contribution is 5.58. The lowest BCUT2D eigenvalue weighted by Gasteiger charge is -2.23. The van der Waals surface area contributed by atoms with Crippen LogP contribution >= 0.6 is 0 Å². The molecule has 10 heteroatoms. The summed E-state index contributed by atoms with van der Waals surface area (Å²) in [6, 6.07) is 8.45. The fraction of sp³-hybridized carbons (Fsp3) is 0.263. The minimum Gasteiger partial charge on any atom is -0.480 e. The number of benzene rings is 2. The number of hydrogen-bond acceptors (Lipinski definition) is 4. The van der Waals surface area contributed by atoms with E-state index >= 15 is 0 Å². The largest absolute Gasteiger partial charge is 0.480 e. The summed E-state index contributed by atoms with van der Waals surface area (Å²) in [6.07, 6.45) is -9.42. The van der Waals surface area contributed by atoms with Crippen LogP contribution in [0.25, 0.3) is 11.4 Å². The molecule has 1 aromatic heterocycles. The molecule has 0 bridgehead atoms. The fourth-order valence-corrected chi connectivity index (χ4v) is 3.07. The van der Waals surface area contributed by atoms with E-state index in [4.69, 9.17) is 9.26 Å². The van der Waals surface area contributed by atoms with Crippen LogP contribution in [0.15, 0.2) is 47.0 Å². The molecule has 1 unspecified atom stereocenters. The van der Waals surface area contributed by atoms with Crippen LogP contribution in [0.4, 0.5) is 26.3 Å². The smallest absolute Gasteiger partial charge is 0.416 e. The molecule has 1 atom stereocenters. The number of hydrogen-bond donors (Lipinski definition) is 0. The molecule has 0 fully saturated rings. The van der Waals surface area contributed by atoms with E-state index < -0.39 is 35.1 Å². The van der Waals surface area contributed by atoms with Gasteiger partial charge >= 0.3 is 12.4 Å². The van der Waals surface area contributed by atoms with Gasteiger partial charge in [0.1, 0.15) is 5.75 Å². The summed E-state index contributed by atoms with van der Waals surface area (Å²) in [5.41, 5.74) is -2.36. The first-order valence-electron chi connectivity index (χ1n) is 8.49. The number of para-hydroxylation sites is 1. The summed E-state index contributed by atoms with van der Waals surface area (Å²) in [7, 11) is 0. The molecule has 1 aliphatic rings. The van der Waals surface area contributed by atoms with Crippen molar-refractivity contribution in [2.75, 3.05) is 0 Å². The van der Waals surface area contributed by atoms with Gasteiger partial charge in [0.2, 0.25) is 5.82 Å². The standard InChI is InChI=1S/C19H12F6N2O2/c20-18(21,22)12-7-11(8-13(9-12)19(23,24)25)16-26-17(29-27-16)15-6-5-10-3-1-2-4-14(10)28-15/h1-4,7-9,15H,5-6H2. The van der Waals surface area contributed by atoms with E-state index in [2.05, 4.69) is 10.1 Å². The Bertz CT molecular complexity index is 1010. The average Bonchev–Trinajstić information content (AvgIpc) is 3.16. The molecule has 0 aliphatic carbocycles. The Morgan fingerprint density at radius 2 is 1.55 bits per heavy atom. The van der Waals surface area contributed by atoms with Gasteiger partial charge in [0.25, 0.3) is 5.89 Å². The predicted molar refractivity (Wildman–Crippen MR) is 87.9 cm³/mol. The fourth-order valence-electron chi connectivity index (χ4n) is 3.07. The van der Waals surface area contributed by atoms with Crippen LogP contribution in [0.1, 0.15) is 35.1 Å². The number of ether oxygens (including phenoxy) is 1. The molecule has 0 saturated heterocycles. The van der Waals surface area contributed by atoms with Crippen molar-refractivity contribution < 1.29 is 35.6 Å². The van der Waals surface area contributed by atoms with Crippen LogP contribution in [0.3, 0.4) is 0 Å². The van der Waals surface area contributed by atoms with Crippen LogP contribution in [0.5, 0.6) is 5.75 Å².